The van der Waals surface area contributed by atoms with E-state index in [0.29, 0.717) is 23.9 Å². The van der Waals surface area contributed by atoms with Crippen LogP contribution >= 0.6 is 0 Å². The van der Waals surface area contributed by atoms with E-state index in [1.807, 2.05) is 21.1 Å². The molecule has 0 aliphatic rings. The van der Waals surface area contributed by atoms with Gasteiger partial charge in [0.25, 0.3) is 6.29 Å². The van der Waals surface area contributed by atoms with Crippen molar-refractivity contribution in [3.63, 3.8) is 0 Å². The summed E-state index contributed by atoms with van der Waals surface area (Å²) < 4.78 is 22.8. The summed E-state index contributed by atoms with van der Waals surface area (Å²) in [6.45, 7) is 4.73. The summed E-state index contributed by atoms with van der Waals surface area (Å²) in [6, 6.07) is 0. The topological polar surface area (TPSA) is 108 Å². The van der Waals surface area contributed by atoms with Gasteiger partial charge < -0.3 is 28.5 Å². The summed E-state index contributed by atoms with van der Waals surface area (Å²) in [5, 5.41) is 9.68. The molecule has 65 heavy (non-hydrogen) atoms. The first-order valence-electron chi connectivity index (χ1n) is 26.1. The van der Waals surface area contributed by atoms with Crippen LogP contribution in [0.25, 0.3) is 0 Å². The molecule has 2 atom stereocenters. The van der Waals surface area contributed by atoms with Crippen LogP contribution in [0, 0.1) is 0 Å². The highest BCUT2D eigenvalue weighted by atomic mass is 16.7. The van der Waals surface area contributed by atoms with Crippen molar-refractivity contribution in [2.45, 2.75) is 219 Å². The molecule has 1 N–H and O–H groups in total. The molecule has 9 heteroatoms. The minimum absolute atomic E-state index is 0.181. The molecule has 0 aromatic carbocycles. The van der Waals surface area contributed by atoms with Gasteiger partial charge in [0.05, 0.1) is 34.4 Å². The van der Waals surface area contributed by atoms with Gasteiger partial charge in [-0.25, -0.2) is 4.79 Å². The number of unbranched alkanes of at least 4 members (excludes halogenated alkanes) is 20. The van der Waals surface area contributed by atoms with Gasteiger partial charge in [-0.15, -0.1) is 0 Å². The van der Waals surface area contributed by atoms with Crippen LogP contribution < -0.4 is 0 Å². The highest BCUT2D eigenvalue weighted by Crippen LogP contribution is 2.14. The molecule has 0 heterocycles. The summed E-state index contributed by atoms with van der Waals surface area (Å²) in [7, 11) is 5.95. The SMILES string of the molecule is CC/C=C\C/C=C\C/C=C\C/C=C\CCCCCCCCC(=O)OC(COC(=O)CCCCCCCCCCC/C=C\C/C=C\CCCCCCC)COC(OCC[N+](C)(C)C)C(=O)O. The maximum atomic E-state index is 12.8. The van der Waals surface area contributed by atoms with Crippen molar-refractivity contribution in [3.8, 4) is 0 Å². The number of carbonyl (C=O) groups is 3. The van der Waals surface area contributed by atoms with E-state index in [1.165, 1.54) is 83.5 Å². The first-order valence-corrected chi connectivity index (χ1v) is 26.1. The monoisotopic (exact) mass is 913 g/mol. The summed E-state index contributed by atoms with van der Waals surface area (Å²) in [6.07, 6.45) is 56.7. The number of aliphatic carboxylic acids is 1. The molecule has 0 aliphatic heterocycles. The predicted octanol–water partition coefficient (Wildman–Crippen LogP) is 14.7. The molecule has 0 amide bonds. The van der Waals surface area contributed by atoms with E-state index in [4.69, 9.17) is 18.9 Å². The van der Waals surface area contributed by atoms with Gasteiger partial charge in [0, 0.05) is 12.8 Å². The summed E-state index contributed by atoms with van der Waals surface area (Å²) in [5.41, 5.74) is 0. The Balaban J connectivity index is 4.37. The number of carbonyl (C=O) groups excluding carboxylic acids is 2. The number of rotatable bonds is 47. The van der Waals surface area contributed by atoms with Crippen molar-refractivity contribution in [2.24, 2.45) is 0 Å². The first-order chi connectivity index (χ1) is 31.6. The van der Waals surface area contributed by atoms with Crippen LogP contribution in [0.3, 0.4) is 0 Å². The number of esters is 2. The van der Waals surface area contributed by atoms with Gasteiger partial charge in [0.15, 0.2) is 6.10 Å². The lowest BCUT2D eigenvalue weighted by Crippen LogP contribution is -2.40. The second-order valence-corrected chi connectivity index (χ2v) is 18.4. The minimum atomic E-state index is -1.52. The van der Waals surface area contributed by atoms with Crippen molar-refractivity contribution in [2.75, 3.05) is 47.5 Å². The Bertz CT molecular complexity index is 1290. The molecular formula is C56H98NO8+. The zero-order chi connectivity index (χ0) is 47.7. The van der Waals surface area contributed by atoms with Crippen molar-refractivity contribution in [3.05, 3.63) is 72.9 Å². The third-order valence-corrected chi connectivity index (χ3v) is 10.9. The third-order valence-electron chi connectivity index (χ3n) is 10.9. The van der Waals surface area contributed by atoms with E-state index in [0.717, 1.165) is 89.9 Å². The number of quaternary nitrogens is 1. The maximum absolute atomic E-state index is 12.8. The number of allylic oxidation sites excluding steroid dienone is 12. The number of likely N-dealkylation sites (N-methyl/N-ethyl adjacent to an activating group) is 1. The Hall–Kier alpha value is -3.27. The van der Waals surface area contributed by atoms with Crippen molar-refractivity contribution >= 4 is 17.9 Å². The molecule has 0 saturated heterocycles. The van der Waals surface area contributed by atoms with Gasteiger partial charge in [0.1, 0.15) is 13.2 Å². The highest BCUT2D eigenvalue weighted by molar-refractivity contribution is 5.71. The fourth-order valence-corrected chi connectivity index (χ4v) is 6.92. The van der Waals surface area contributed by atoms with Gasteiger partial charge in [-0.1, -0.05) is 183 Å². The lowest BCUT2D eigenvalue weighted by Gasteiger charge is -2.25. The molecule has 0 spiro atoms. The standard InChI is InChI=1S/C56H97NO8/c1-6-8-10-12-14-16-18-20-22-24-26-27-29-30-32-34-36-38-40-42-44-46-53(58)63-50-52(51-64-56(55(60)61)62-49-48-57(3,4)5)65-54(59)47-45-43-41-39-37-35-33-31-28-25-23-21-19-17-15-13-11-9-7-2/h9,11,15,17-18,20-21,23-24,26,28,31,52,56H,6-8,10,12-14,16,19,22,25,27,29-30,32-51H2,1-5H3/p+1/b11-9-,17-15-,20-18-,23-21-,26-24-,31-28-. The van der Waals surface area contributed by atoms with E-state index in [-0.39, 0.29) is 32.2 Å². The van der Waals surface area contributed by atoms with Crippen molar-refractivity contribution in [1.29, 1.82) is 0 Å². The number of hydrogen-bond acceptors (Lipinski definition) is 7. The van der Waals surface area contributed by atoms with Gasteiger partial charge in [-0.05, 0) is 83.5 Å². The fraction of sp³-hybridized carbons (Fsp3) is 0.732. The average molecular weight is 913 g/mol. The zero-order valence-corrected chi connectivity index (χ0v) is 42.4. The van der Waals surface area contributed by atoms with E-state index < -0.39 is 24.3 Å². The lowest BCUT2D eigenvalue weighted by atomic mass is 10.1. The Morgan fingerprint density at radius 2 is 0.877 bits per heavy atom. The molecule has 9 nitrogen and oxygen atoms in total. The minimum Gasteiger partial charge on any atom is -0.477 e. The first kappa shape index (κ1) is 61.7. The number of ether oxygens (including phenoxy) is 4. The van der Waals surface area contributed by atoms with E-state index in [1.54, 1.807) is 0 Å². The average Bonchev–Trinajstić information content (AvgIpc) is 3.27. The number of nitrogens with zero attached hydrogens (tertiary/aromatic N) is 1. The van der Waals surface area contributed by atoms with Gasteiger partial charge in [-0.2, -0.15) is 0 Å². The van der Waals surface area contributed by atoms with Crippen LogP contribution in [0.15, 0.2) is 72.9 Å². The van der Waals surface area contributed by atoms with Crippen LogP contribution in [-0.2, 0) is 33.3 Å². The fourth-order valence-electron chi connectivity index (χ4n) is 6.92. The Morgan fingerprint density at radius 1 is 0.477 bits per heavy atom. The molecule has 0 rings (SSSR count). The van der Waals surface area contributed by atoms with Crippen LogP contribution in [0.4, 0.5) is 0 Å². The van der Waals surface area contributed by atoms with E-state index in [9.17, 15) is 19.5 Å². The normalized spacial score (nSPS) is 13.4. The molecule has 0 radical (unpaired) electrons. The van der Waals surface area contributed by atoms with Crippen LogP contribution in [0.5, 0.6) is 0 Å². The van der Waals surface area contributed by atoms with Gasteiger partial charge in [0.2, 0.25) is 0 Å². The molecule has 0 saturated carbocycles. The second-order valence-electron chi connectivity index (χ2n) is 18.4. The van der Waals surface area contributed by atoms with Crippen LogP contribution in [0.2, 0.25) is 0 Å². The predicted molar refractivity (Wildman–Crippen MR) is 272 cm³/mol. The number of carboxylic acids is 1. The smallest absolute Gasteiger partial charge is 0.361 e. The Labute approximate surface area is 398 Å². The maximum Gasteiger partial charge on any atom is 0.361 e. The van der Waals surface area contributed by atoms with E-state index >= 15 is 0 Å². The summed E-state index contributed by atoms with van der Waals surface area (Å²) in [4.78, 5) is 37.3. The third kappa shape index (κ3) is 48.5. The largest absolute Gasteiger partial charge is 0.477 e. The zero-order valence-electron chi connectivity index (χ0n) is 42.4. The Kier molecular flexibility index (Phi) is 44.9. The number of hydrogen-bond donors (Lipinski definition) is 1. The van der Waals surface area contributed by atoms with Gasteiger partial charge >= 0.3 is 17.9 Å². The van der Waals surface area contributed by atoms with Crippen molar-refractivity contribution in [1.82, 2.24) is 0 Å². The lowest BCUT2D eigenvalue weighted by molar-refractivity contribution is -0.870. The molecule has 0 aromatic rings. The van der Waals surface area contributed by atoms with Crippen molar-refractivity contribution < 1.29 is 42.9 Å². The van der Waals surface area contributed by atoms with Crippen LogP contribution in [0.1, 0.15) is 206 Å². The molecule has 374 valence electrons. The molecule has 0 bridgehead atoms. The number of carboxylic acid groups (broad SMARTS) is 1. The summed E-state index contributed by atoms with van der Waals surface area (Å²) >= 11 is 0. The van der Waals surface area contributed by atoms with Gasteiger partial charge in [-0.3, -0.25) is 9.59 Å². The Morgan fingerprint density at radius 3 is 1.31 bits per heavy atom. The highest BCUT2D eigenvalue weighted by Gasteiger charge is 2.25. The molecule has 2 unspecified atom stereocenters. The second kappa shape index (κ2) is 47.2. The quantitative estimate of drug-likeness (QED) is 0.0211. The van der Waals surface area contributed by atoms with E-state index in [2.05, 4.69) is 86.8 Å². The summed E-state index contributed by atoms with van der Waals surface area (Å²) in [5.74, 6) is -2.03. The molecule has 0 fully saturated rings. The molecule has 0 aliphatic carbocycles. The molecule has 0 aromatic heterocycles. The molecular weight excluding hydrogens is 815 g/mol. The van der Waals surface area contributed by atoms with Crippen LogP contribution in [-0.4, -0.2) is 87.4 Å².